The zero-order chi connectivity index (χ0) is 27.8. The van der Waals surface area contributed by atoms with E-state index in [-0.39, 0.29) is 5.41 Å². The lowest BCUT2D eigenvalue weighted by atomic mass is 9.68. The van der Waals surface area contributed by atoms with Gasteiger partial charge in [0.1, 0.15) is 11.5 Å². The van der Waals surface area contributed by atoms with Crippen LogP contribution >= 0.6 is 0 Å². The molecule has 0 radical (unpaired) electrons. The second-order valence-corrected chi connectivity index (χ2v) is 7.30. The maximum Gasteiger partial charge on any atom is 0.118 e. The molecule has 198 valence electrons. The first-order valence-corrected chi connectivity index (χ1v) is 13.8. The molecule has 0 aromatic heterocycles. The molecule has 0 heterocycles. The Morgan fingerprint density at radius 3 is 1.00 bits per heavy atom. The van der Waals surface area contributed by atoms with Crippen molar-refractivity contribution in [3.05, 3.63) is 119 Å². The van der Waals surface area contributed by atoms with E-state index in [4.69, 9.17) is 9.47 Å². The van der Waals surface area contributed by atoms with Gasteiger partial charge in [-0.25, -0.2) is 0 Å². The van der Waals surface area contributed by atoms with Gasteiger partial charge in [-0.2, -0.15) is 0 Å². The van der Waals surface area contributed by atoms with Gasteiger partial charge in [0.25, 0.3) is 0 Å². The molecule has 0 saturated heterocycles. The molecule has 0 fully saturated rings. The number of fused-ring (bicyclic) bond motifs is 3. The van der Waals surface area contributed by atoms with E-state index in [2.05, 4.69) is 72.8 Å². The average molecular weight is 499 g/mol. The minimum absolute atomic E-state index is 0.383. The van der Waals surface area contributed by atoms with Gasteiger partial charge >= 0.3 is 0 Å². The molecule has 0 atom stereocenters. The highest BCUT2D eigenvalue weighted by Gasteiger charge is 2.45. The van der Waals surface area contributed by atoms with Crippen molar-refractivity contribution in [2.75, 3.05) is 14.2 Å². The molecule has 2 nitrogen and oxygen atoms in total. The molecular weight excluding hydrogens is 452 g/mol. The van der Waals surface area contributed by atoms with Gasteiger partial charge in [-0.15, -0.1) is 0 Å². The van der Waals surface area contributed by atoms with Gasteiger partial charge in [-0.1, -0.05) is 128 Å². The van der Waals surface area contributed by atoms with Crippen molar-refractivity contribution >= 4 is 0 Å². The molecule has 1 aliphatic carbocycles. The molecule has 4 aromatic rings. The van der Waals surface area contributed by atoms with E-state index in [1.54, 1.807) is 14.2 Å². The Hall–Kier alpha value is -3.52. The van der Waals surface area contributed by atoms with Crippen LogP contribution in [0.3, 0.4) is 0 Å². The summed E-state index contributed by atoms with van der Waals surface area (Å²) in [5, 5.41) is 0. The van der Waals surface area contributed by atoms with E-state index in [0.717, 1.165) is 11.5 Å². The van der Waals surface area contributed by atoms with Gasteiger partial charge < -0.3 is 9.47 Å². The van der Waals surface area contributed by atoms with Crippen LogP contribution in [0.1, 0.15) is 77.6 Å². The lowest BCUT2D eigenvalue weighted by Gasteiger charge is -2.34. The first kappa shape index (κ1) is 31.5. The first-order valence-electron chi connectivity index (χ1n) is 13.8. The molecule has 0 aliphatic heterocycles. The fraction of sp³-hybridized carbons (Fsp3) is 0.314. The van der Waals surface area contributed by atoms with Crippen molar-refractivity contribution in [3.8, 4) is 22.6 Å². The zero-order valence-corrected chi connectivity index (χ0v) is 24.6. The summed E-state index contributed by atoms with van der Waals surface area (Å²) in [6.45, 7) is 16.0. The Morgan fingerprint density at radius 2 is 0.703 bits per heavy atom. The summed E-state index contributed by atoms with van der Waals surface area (Å²) in [6.07, 6.45) is 0. The lowest BCUT2D eigenvalue weighted by Crippen LogP contribution is -2.28. The molecule has 0 N–H and O–H groups in total. The summed E-state index contributed by atoms with van der Waals surface area (Å²) in [6, 6.07) is 34.4. The molecule has 0 bridgehead atoms. The van der Waals surface area contributed by atoms with Gasteiger partial charge in [-0.3, -0.25) is 0 Å². The van der Waals surface area contributed by atoms with Crippen LogP contribution in [-0.2, 0) is 5.41 Å². The van der Waals surface area contributed by atoms with Gasteiger partial charge in [0.2, 0.25) is 0 Å². The fourth-order valence-corrected chi connectivity index (χ4v) is 4.71. The highest BCUT2D eigenvalue weighted by Crippen LogP contribution is 2.56. The molecule has 1 aliphatic rings. The predicted octanol–water partition coefficient (Wildman–Crippen LogP) is 10.2. The lowest BCUT2D eigenvalue weighted by molar-refractivity contribution is 0.414. The summed E-state index contributed by atoms with van der Waals surface area (Å²) in [7, 11) is 3.41. The highest BCUT2D eigenvalue weighted by molar-refractivity contribution is 5.86. The summed E-state index contributed by atoms with van der Waals surface area (Å²) in [4.78, 5) is 0. The van der Waals surface area contributed by atoms with Crippen molar-refractivity contribution in [1.29, 1.82) is 0 Å². The monoisotopic (exact) mass is 498 g/mol. The van der Waals surface area contributed by atoms with E-state index < -0.39 is 0 Å². The van der Waals surface area contributed by atoms with Crippen LogP contribution in [0.2, 0.25) is 0 Å². The maximum absolute atomic E-state index is 5.42. The van der Waals surface area contributed by atoms with E-state index in [9.17, 15) is 0 Å². The summed E-state index contributed by atoms with van der Waals surface area (Å²) in [5.41, 5.74) is 7.24. The van der Waals surface area contributed by atoms with Crippen molar-refractivity contribution in [2.24, 2.45) is 0 Å². The van der Waals surface area contributed by atoms with Gasteiger partial charge in [0.05, 0.1) is 19.6 Å². The summed E-state index contributed by atoms with van der Waals surface area (Å²) in [5.74, 6) is 1.72. The smallest absolute Gasteiger partial charge is 0.118 e. The third-order valence-electron chi connectivity index (χ3n) is 6.00. The predicted molar refractivity (Wildman–Crippen MR) is 162 cm³/mol. The first-order chi connectivity index (χ1) is 18.3. The number of benzene rings is 4. The maximum atomic E-state index is 5.42. The highest BCUT2D eigenvalue weighted by atomic mass is 16.5. The second-order valence-electron chi connectivity index (χ2n) is 7.30. The van der Waals surface area contributed by atoms with Crippen LogP contribution in [0.15, 0.2) is 97.1 Å². The molecule has 0 saturated carbocycles. The van der Waals surface area contributed by atoms with Gasteiger partial charge in [0.15, 0.2) is 0 Å². The molecular formula is C35H46O2. The molecule has 0 unspecified atom stereocenters. The number of rotatable bonds is 4. The van der Waals surface area contributed by atoms with Crippen molar-refractivity contribution in [3.63, 3.8) is 0 Å². The van der Waals surface area contributed by atoms with Gasteiger partial charge in [0, 0.05) is 0 Å². The Labute approximate surface area is 226 Å². The Morgan fingerprint density at radius 1 is 0.405 bits per heavy atom. The van der Waals surface area contributed by atoms with Crippen LogP contribution in [0, 0.1) is 0 Å². The Balaban J connectivity index is 0.000000784. The third-order valence-corrected chi connectivity index (χ3v) is 6.00. The SMILES string of the molecule is CC.CC.CC.CC.COc1ccc(C2(c3ccc(OC)cc3)c3ccccc3-c3ccccc32)cc1. The number of methoxy groups -OCH3 is 2. The van der Waals surface area contributed by atoms with Crippen LogP contribution in [0.25, 0.3) is 11.1 Å². The number of hydrogen-bond acceptors (Lipinski definition) is 2. The van der Waals surface area contributed by atoms with Crippen LogP contribution in [-0.4, -0.2) is 14.2 Å². The molecule has 2 heteroatoms. The molecule has 37 heavy (non-hydrogen) atoms. The summed E-state index contributed by atoms with van der Waals surface area (Å²) < 4.78 is 10.8. The Bertz CT molecular complexity index is 1060. The van der Waals surface area contributed by atoms with E-state index >= 15 is 0 Å². The summed E-state index contributed by atoms with van der Waals surface area (Å²) >= 11 is 0. The van der Waals surface area contributed by atoms with Crippen molar-refractivity contribution < 1.29 is 9.47 Å². The molecule has 4 aromatic carbocycles. The standard InChI is InChI=1S/C27H22O2.4C2H6/c1-28-21-15-11-19(12-16-21)27(20-13-17-22(29-2)18-14-20)25-9-5-3-7-23(25)24-8-4-6-10-26(24)27;4*1-2/h3-18H,1-2H3;4*1-2H3. The Kier molecular flexibility index (Phi) is 13.9. The molecule has 0 amide bonds. The minimum Gasteiger partial charge on any atom is -0.497 e. The minimum atomic E-state index is -0.383. The second kappa shape index (κ2) is 16.3. The topological polar surface area (TPSA) is 18.5 Å². The molecule has 5 rings (SSSR count). The van der Waals surface area contributed by atoms with Gasteiger partial charge in [-0.05, 0) is 57.6 Å². The number of hydrogen-bond donors (Lipinski definition) is 0. The van der Waals surface area contributed by atoms with E-state index in [1.807, 2.05) is 79.7 Å². The van der Waals surface area contributed by atoms with Crippen LogP contribution < -0.4 is 9.47 Å². The quantitative estimate of drug-likeness (QED) is 0.245. The van der Waals surface area contributed by atoms with Crippen molar-refractivity contribution in [1.82, 2.24) is 0 Å². The largest absolute Gasteiger partial charge is 0.497 e. The fourth-order valence-electron chi connectivity index (χ4n) is 4.71. The van der Waals surface area contributed by atoms with Crippen LogP contribution in [0.5, 0.6) is 11.5 Å². The third kappa shape index (κ3) is 6.07. The van der Waals surface area contributed by atoms with Crippen molar-refractivity contribution in [2.45, 2.75) is 60.8 Å². The average Bonchev–Trinajstić information content (AvgIpc) is 3.32. The van der Waals surface area contributed by atoms with E-state index in [1.165, 1.54) is 33.4 Å². The normalized spacial score (nSPS) is 11.2. The zero-order valence-electron chi connectivity index (χ0n) is 24.6. The van der Waals surface area contributed by atoms with E-state index in [0.29, 0.717) is 0 Å². The number of ether oxygens (including phenoxy) is 2. The van der Waals surface area contributed by atoms with Crippen LogP contribution in [0.4, 0.5) is 0 Å². The molecule has 0 spiro atoms.